The van der Waals surface area contributed by atoms with Crippen LogP contribution in [0.2, 0.25) is 0 Å². The maximum Gasteiger partial charge on any atom is 0.188 e. The summed E-state index contributed by atoms with van der Waals surface area (Å²) in [6.07, 6.45) is 0.816. The van der Waals surface area contributed by atoms with Crippen molar-refractivity contribution in [2.24, 2.45) is 10.7 Å². The largest absolute Gasteiger partial charge is 0.496 e. The van der Waals surface area contributed by atoms with Crippen LogP contribution in [0.25, 0.3) is 0 Å². The summed E-state index contributed by atoms with van der Waals surface area (Å²) in [6.45, 7) is 6.80. The molecule has 0 spiro atoms. The lowest BCUT2D eigenvalue weighted by Crippen LogP contribution is -2.45. The van der Waals surface area contributed by atoms with Gasteiger partial charge in [0.05, 0.1) is 7.11 Å². The van der Waals surface area contributed by atoms with Gasteiger partial charge in [-0.25, -0.2) is 0 Å². The summed E-state index contributed by atoms with van der Waals surface area (Å²) in [6, 6.07) is 7.96. The van der Waals surface area contributed by atoms with Gasteiger partial charge in [0.25, 0.3) is 0 Å². The number of nitrogens with one attached hydrogen (secondary N) is 1. The van der Waals surface area contributed by atoms with Gasteiger partial charge in [0.15, 0.2) is 5.96 Å². The minimum atomic E-state index is -0.0575. The van der Waals surface area contributed by atoms with Crippen molar-refractivity contribution in [2.45, 2.75) is 32.7 Å². The minimum absolute atomic E-state index is 0. The minimum Gasteiger partial charge on any atom is -0.496 e. The highest BCUT2D eigenvalue weighted by atomic mass is 127. The number of hydrogen-bond donors (Lipinski definition) is 2. The van der Waals surface area contributed by atoms with Crippen molar-refractivity contribution < 1.29 is 4.74 Å². The Kier molecular flexibility index (Phi) is 7.82. The first-order valence-corrected chi connectivity index (χ1v) is 6.12. The fourth-order valence-corrected chi connectivity index (χ4v) is 1.63. The van der Waals surface area contributed by atoms with E-state index in [4.69, 9.17) is 10.5 Å². The van der Waals surface area contributed by atoms with E-state index < -0.39 is 0 Å². The molecule has 0 fully saturated rings. The molecule has 0 radical (unpaired) electrons. The van der Waals surface area contributed by atoms with E-state index in [1.54, 1.807) is 7.11 Å². The van der Waals surface area contributed by atoms with Crippen LogP contribution in [0, 0.1) is 0 Å². The van der Waals surface area contributed by atoms with E-state index in [-0.39, 0.29) is 29.5 Å². The van der Waals surface area contributed by atoms with E-state index in [1.807, 2.05) is 24.3 Å². The first-order valence-electron chi connectivity index (χ1n) is 6.12. The highest BCUT2D eigenvalue weighted by molar-refractivity contribution is 14.0. The Morgan fingerprint density at radius 1 is 1.32 bits per heavy atom. The van der Waals surface area contributed by atoms with Crippen molar-refractivity contribution >= 4 is 29.9 Å². The predicted octanol–water partition coefficient (Wildman–Crippen LogP) is 2.56. The molecule has 0 heterocycles. The molecule has 0 saturated heterocycles. The third-order valence-electron chi connectivity index (χ3n) is 2.36. The molecule has 5 heteroatoms. The molecule has 0 aliphatic rings. The van der Waals surface area contributed by atoms with Crippen LogP contribution >= 0.6 is 24.0 Å². The Morgan fingerprint density at radius 2 is 1.95 bits per heavy atom. The zero-order valence-corrected chi connectivity index (χ0v) is 14.4. The average Bonchev–Trinajstić information content (AvgIpc) is 2.27. The van der Waals surface area contributed by atoms with Gasteiger partial charge < -0.3 is 15.8 Å². The number of nitrogens with two attached hydrogens (primary N) is 1. The normalized spacial score (nSPS) is 11.7. The Morgan fingerprint density at radius 3 is 2.53 bits per heavy atom. The summed E-state index contributed by atoms with van der Waals surface area (Å²) in [5.41, 5.74) is 6.89. The number of hydrogen-bond acceptors (Lipinski definition) is 2. The third kappa shape index (κ3) is 7.25. The second-order valence-corrected chi connectivity index (χ2v) is 5.20. The van der Waals surface area contributed by atoms with Crippen LogP contribution < -0.4 is 15.8 Å². The van der Waals surface area contributed by atoms with Gasteiger partial charge in [-0.2, -0.15) is 0 Å². The summed E-state index contributed by atoms with van der Waals surface area (Å²) >= 11 is 0. The number of ether oxygens (including phenoxy) is 1. The Bertz CT molecular complexity index is 413. The van der Waals surface area contributed by atoms with Crippen LogP contribution in [0.5, 0.6) is 5.75 Å². The van der Waals surface area contributed by atoms with Gasteiger partial charge in [-0.1, -0.05) is 18.2 Å². The summed E-state index contributed by atoms with van der Waals surface area (Å²) < 4.78 is 5.29. The first kappa shape index (κ1) is 18.0. The number of halogens is 1. The first-order chi connectivity index (χ1) is 8.42. The van der Waals surface area contributed by atoms with Crippen LogP contribution in [0.3, 0.4) is 0 Å². The van der Waals surface area contributed by atoms with E-state index in [1.165, 1.54) is 0 Å². The molecule has 1 aromatic carbocycles. The molecular formula is C14H24IN3O. The van der Waals surface area contributed by atoms with Crippen LogP contribution in [-0.2, 0) is 6.42 Å². The Hall–Kier alpha value is -0.980. The maximum absolute atomic E-state index is 5.80. The van der Waals surface area contributed by atoms with Gasteiger partial charge in [-0.05, 0) is 38.8 Å². The van der Waals surface area contributed by atoms with E-state index in [0.717, 1.165) is 17.7 Å². The van der Waals surface area contributed by atoms with Crippen molar-refractivity contribution in [3.05, 3.63) is 29.8 Å². The second kappa shape index (κ2) is 8.24. The molecule has 108 valence electrons. The number of benzene rings is 1. The number of nitrogens with zero attached hydrogens (tertiary/aromatic N) is 1. The third-order valence-corrected chi connectivity index (χ3v) is 2.36. The molecule has 0 unspecified atom stereocenters. The van der Waals surface area contributed by atoms with Gasteiger partial charge >= 0.3 is 0 Å². The fourth-order valence-electron chi connectivity index (χ4n) is 1.63. The van der Waals surface area contributed by atoms with Crippen LogP contribution in [0.4, 0.5) is 0 Å². The molecule has 1 aromatic rings. The summed E-state index contributed by atoms with van der Waals surface area (Å²) in [4.78, 5) is 4.31. The van der Waals surface area contributed by atoms with Gasteiger partial charge in [0, 0.05) is 12.1 Å². The lowest BCUT2D eigenvalue weighted by molar-refractivity contribution is 0.409. The van der Waals surface area contributed by atoms with E-state index >= 15 is 0 Å². The molecule has 0 saturated carbocycles. The Balaban J connectivity index is 0.00000324. The lowest BCUT2D eigenvalue weighted by Gasteiger charge is -2.21. The molecule has 0 atom stereocenters. The molecule has 3 N–H and O–H groups in total. The molecule has 1 rings (SSSR count). The molecule has 0 aromatic heterocycles. The van der Waals surface area contributed by atoms with Gasteiger partial charge in [0.2, 0.25) is 0 Å². The zero-order chi connectivity index (χ0) is 13.6. The summed E-state index contributed by atoms with van der Waals surface area (Å²) in [5, 5.41) is 3.13. The molecule has 0 aliphatic heterocycles. The number of para-hydroxylation sites is 1. The van der Waals surface area contributed by atoms with Gasteiger partial charge in [-0.15, -0.1) is 24.0 Å². The maximum atomic E-state index is 5.80. The summed E-state index contributed by atoms with van der Waals surface area (Å²) in [7, 11) is 1.68. The molecule has 0 aliphatic carbocycles. The summed E-state index contributed by atoms with van der Waals surface area (Å²) in [5.74, 6) is 1.38. The number of aliphatic imine (C=N–C) groups is 1. The number of rotatable bonds is 4. The van der Waals surface area contributed by atoms with Gasteiger partial charge in [-0.3, -0.25) is 4.99 Å². The van der Waals surface area contributed by atoms with Crippen molar-refractivity contribution in [2.75, 3.05) is 13.7 Å². The highest BCUT2D eigenvalue weighted by Gasteiger charge is 2.09. The molecule has 4 nitrogen and oxygen atoms in total. The van der Waals surface area contributed by atoms with Crippen molar-refractivity contribution in [1.82, 2.24) is 5.32 Å². The molecule has 0 amide bonds. The number of guanidine groups is 1. The second-order valence-electron chi connectivity index (χ2n) is 5.20. The fraction of sp³-hybridized carbons (Fsp3) is 0.500. The monoisotopic (exact) mass is 377 g/mol. The van der Waals surface area contributed by atoms with Crippen molar-refractivity contribution in [3.63, 3.8) is 0 Å². The molecular weight excluding hydrogens is 353 g/mol. The highest BCUT2D eigenvalue weighted by Crippen LogP contribution is 2.17. The van der Waals surface area contributed by atoms with E-state index in [9.17, 15) is 0 Å². The van der Waals surface area contributed by atoms with Crippen LogP contribution in [0.1, 0.15) is 26.3 Å². The van der Waals surface area contributed by atoms with Crippen LogP contribution in [-0.4, -0.2) is 25.2 Å². The lowest BCUT2D eigenvalue weighted by atomic mass is 10.1. The van der Waals surface area contributed by atoms with E-state index in [0.29, 0.717) is 12.5 Å². The van der Waals surface area contributed by atoms with Crippen molar-refractivity contribution in [1.29, 1.82) is 0 Å². The van der Waals surface area contributed by atoms with Gasteiger partial charge in [0.1, 0.15) is 5.75 Å². The standard InChI is InChI=1S/C14H23N3O.HI/c1-14(2,3)17-13(15)16-10-9-11-7-5-6-8-12(11)18-4;/h5-8H,9-10H2,1-4H3,(H3,15,16,17);1H. The number of methoxy groups -OCH3 is 1. The zero-order valence-electron chi connectivity index (χ0n) is 12.1. The quantitative estimate of drug-likeness (QED) is 0.482. The molecule has 19 heavy (non-hydrogen) atoms. The smallest absolute Gasteiger partial charge is 0.188 e. The van der Waals surface area contributed by atoms with E-state index in [2.05, 4.69) is 31.1 Å². The Labute approximate surface area is 132 Å². The topological polar surface area (TPSA) is 59.6 Å². The average molecular weight is 377 g/mol. The SMILES string of the molecule is COc1ccccc1CCN=C(N)NC(C)(C)C.I. The van der Waals surface area contributed by atoms with Crippen molar-refractivity contribution in [3.8, 4) is 5.75 Å². The molecule has 0 bridgehead atoms. The predicted molar refractivity (Wildman–Crippen MR) is 91.5 cm³/mol. The van der Waals surface area contributed by atoms with Crippen LogP contribution in [0.15, 0.2) is 29.3 Å².